The number of nitrogens with one attached hydrogen (secondary N) is 1. The van der Waals surface area contributed by atoms with Crippen molar-refractivity contribution in [1.29, 1.82) is 5.26 Å². The number of rotatable bonds is 3. The van der Waals surface area contributed by atoms with E-state index in [4.69, 9.17) is 28.5 Å². The summed E-state index contributed by atoms with van der Waals surface area (Å²) in [6.45, 7) is 0. The minimum absolute atomic E-state index is 0.0134. The van der Waals surface area contributed by atoms with E-state index in [0.717, 1.165) is 4.68 Å². The molecule has 0 saturated heterocycles. The fraction of sp³-hybridized carbons (Fsp3) is 0.0909. The summed E-state index contributed by atoms with van der Waals surface area (Å²) >= 11 is 11.6. The molecule has 0 radical (unpaired) electrons. The van der Waals surface area contributed by atoms with Gasteiger partial charge in [-0.05, 0) is 18.2 Å². The van der Waals surface area contributed by atoms with Crippen LogP contribution in [0.2, 0.25) is 10.0 Å². The molecule has 104 valence electrons. The fourth-order valence-electron chi connectivity index (χ4n) is 1.59. The lowest BCUT2D eigenvalue weighted by molar-refractivity contribution is 0.582. The van der Waals surface area contributed by atoms with Gasteiger partial charge in [0.15, 0.2) is 5.03 Å². The van der Waals surface area contributed by atoms with Gasteiger partial charge in [0.1, 0.15) is 6.07 Å². The van der Waals surface area contributed by atoms with Crippen LogP contribution in [0.3, 0.4) is 0 Å². The number of benzene rings is 1. The van der Waals surface area contributed by atoms with Crippen molar-refractivity contribution in [2.24, 2.45) is 7.05 Å². The summed E-state index contributed by atoms with van der Waals surface area (Å²) in [6.07, 6.45) is 1.22. The molecule has 6 nitrogen and oxygen atoms in total. The van der Waals surface area contributed by atoms with E-state index in [1.54, 1.807) is 0 Å². The summed E-state index contributed by atoms with van der Waals surface area (Å²) in [6, 6.07) is 6.14. The number of aromatic nitrogens is 2. The Kier molecular flexibility index (Phi) is 3.90. The second-order valence-corrected chi connectivity index (χ2v) is 6.27. The highest BCUT2D eigenvalue weighted by Crippen LogP contribution is 2.26. The lowest BCUT2D eigenvalue weighted by Crippen LogP contribution is -2.17. The van der Waals surface area contributed by atoms with Gasteiger partial charge >= 0.3 is 0 Å². The topological polar surface area (TPSA) is 87.8 Å². The van der Waals surface area contributed by atoms with Crippen LogP contribution in [0.4, 0.5) is 5.69 Å². The van der Waals surface area contributed by atoms with Crippen molar-refractivity contribution in [3.63, 3.8) is 0 Å². The van der Waals surface area contributed by atoms with Crippen molar-refractivity contribution in [3.05, 3.63) is 40.0 Å². The van der Waals surface area contributed by atoms with E-state index in [1.165, 1.54) is 31.4 Å². The van der Waals surface area contributed by atoms with E-state index in [9.17, 15) is 8.42 Å². The highest BCUT2D eigenvalue weighted by molar-refractivity contribution is 7.92. The van der Waals surface area contributed by atoms with Crippen LogP contribution in [0.5, 0.6) is 0 Å². The molecule has 0 aliphatic heterocycles. The SMILES string of the molecule is Cn1ncc(Cl)c1S(=O)(=O)Nc1cc(Cl)ccc1C#N. The molecule has 0 saturated carbocycles. The molecule has 1 aromatic carbocycles. The predicted octanol–water partition coefficient (Wildman–Crippen LogP) is 2.40. The van der Waals surface area contributed by atoms with E-state index in [1.807, 2.05) is 6.07 Å². The Balaban J connectivity index is 2.50. The standard InChI is InChI=1S/C11H8Cl2N4O2S/c1-17-11(9(13)6-15-17)20(18,19)16-10-4-8(12)3-2-7(10)5-14/h2-4,6,16H,1H3. The van der Waals surface area contributed by atoms with Crippen LogP contribution in [-0.2, 0) is 17.1 Å². The van der Waals surface area contributed by atoms with Crippen LogP contribution in [0.1, 0.15) is 5.56 Å². The highest BCUT2D eigenvalue weighted by atomic mass is 35.5. The zero-order valence-electron chi connectivity index (χ0n) is 10.1. The molecule has 0 unspecified atom stereocenters. The third-order valence-corrected chi connectivity index (χ3v) is 4.55. The van der Waals surface area contributed by atoms with Gasteiger partial charge in [-0.2, -0.15) is 18.8 Å². The van der Waals surface area contributed by atoms with Crippen LogP contribution in [-0.4, -0.2) is 18.2 Å². The Hall–Kier alpha value is -1.75. The first-order chi connectivity index (χ1) is 9.35. The van der Waals surface area contributed by atoms with Gasteiger partial charge in [-0.25, -0.2) is 0 Å². The molecule has 0 fully saturated rings. The second-order valence-electron chi connectivity index (χ2n) is 3.83. The quantitative estimate of drug-likeness (QED) is 0.935. The van der Waals surface area contributed by atoms with Crippen LogP contribution in [0.15, 0.2) is 29.4 Å². The summed E-state index contributed by atoms with van der Waals surface area (Å²) in [4.78, 5) is 0. The molecule has 9 heteroatoms. The Morgan fingerprint density at radius 2 is 2.10 bits per heavy atom. The molecule has 0 spiro atoms. The molecule has 0 amide bonds. The Morgan fingerprint density at radius 3 is 2.65 bits per heavy atom. The molecule has 0 bridgehead atoms. The normalized spacial score (nSPS) is 11.1. The molecule has 1 aromatic heterocycles. The number of anilines is 1. The summed E-state index contributed by atoms with van der Waals surface area (Å²) < 4.78 is 28.0. The average molecular weight is 331 g/mol. The Bertz CT molecular complexity index is 789. The molecular formula is C11H8Cl2N4O2S. The van der Waals surface area contributed by atoms with Crippen molar-refractivity contribution in [1.82, 2.24) is 9.78 Å². The molecule has 1 N–H and O–H groups in total. The summed E-state index contributed by atoms with van der Waals surface area (Å²) in [5.41, 5.74) is 0.230. The van der Waals surface area contributed by atoms with Gasteiger partial charge in [0.05, 0.1) is 22.5 Å². The Morgan fingerprint density at radius 1 is 1.40 bits per heavy atom. The van der Waals surface area contributed by atoms with Gasteiger partial charge in [-0.1, -0.05) is 23.2 Å². The zero-order valence-corrected chi connectivity index (χ0v) is 12.5. The lowest BCUT2D eigenvalue weighted by Gasteiger charge is -2.10. The average Bonchev–Trinajstić information content (AvgIpc) is 2.69. The monoisotopic (exact) mass is 330 g/mol. The van der Waals surface area contributed by atoms with E-state index >= 15 is 0 Å². The van der Waals surface area contributed by atoms with Gasteiger partial charge in [0.25, 0.3) is 10.0 Å². The Labute approximate surface area is 125 Å². The summed E-state index contributed by atoms with van der Waals surface area (Å²) in [7, 11) is -2.52. The maximum atomic E-state index is 12.3. The molecule has 0 atom stereocenters. The largest absolute Gasteiger partial charge is 0.280 e. The van der Waals surface area contributed by atoms with E-state index in [0.29, 0.717) is 5.02 Å². The third kappa shape index (κ3) is 2.72. The molecule has 20 heavy (non-hydrogen) atoms. The van der Waals surface area contributed by atoms with Gasteiger partial charge in [0, 0.05) is 12.1 Å². The molecule has 0 aliphatic carbocycles. The maximum absolute atomic E-state index is 12.3. The van der Waals surface area contributed by atoms with Crippen molar-refractivity contribution in [2.45, 2.75) is 5.03 Å². The van der Waals surface area contributed by atoms with E-state index in [2.05, 4.69) is 9.82 Å². The van der Waals surface area contributed by atoms with Gasteiger partial charge in [-0.3, -0.25) is 9.40 Å². The number of hydrogen-bond acceptors (Lipinski definition) is 4. The molecule has 0 aliphatic rings. The summed E-state index contributed by atoms with van der Waals surface area (Å²) in [5.74, 6) is 0. The lowest BCUT2D eigenvalue weighted by atomic mass is 10.2. The van der Waals surface area contributed by atoms with Crippen molar-refractivity contribution in [3.8, 4) is 6.07 Å². The highest BCUT2D eigenvalue weighted by Gasteiger charge is 2.23. The van der Waals surface area contributed by atoms with Crippen molar-refractivity contribution >= 4 is 38.9 Å². The third-order valence-electron chi connectivity index (χ3n) is 2.44. The molecule has 2 aromatic rings. The van der Waals surface area contributed by atoms with Gasteiger partial charge < -0.3 is 0 Å². The number of nitrogens with zero attached hydrogens (tertiary/aromatic N) is 3. The van der Waals surface area contributed by atoms with Crippen molar-refractivity contribution in [2.75, 3.05) is 4.72 Å². The minimum atomic E-state index is -3.97. The van der Waals surface area contributed by atoms with Gasteiger partial charge in [-0.15, -0.1) is 0 Å². The first-order valence-electron chi connectivity index (χ1n) is 5.25. The molecule has 2 rings (SSSR count). The summed E-state index contributed by atoms with van der Waals surface area (Å²) in [5, 5.41) is 12.8. The van der Waals surface area contributed by atoms with Gasteiger partial charge in [0.2, 0.25) is 0 Å². The van der Waals surface area contributed by atoms with E-state index in [-0.39, 0.29) is 21.3 Å². The minimum Gasteiger partial charge on any atom is -0.277 e. The van der Waals surface area contributed by atoms with Crippen molar-refractivity contribution < 1.29 is 8.42 Å². The predicted molar refractivity (Wildman–Crippen MR) is 75.2 cm³/mol. The van der Waals surface area contributed by atoms with Crippen LogP contribution >= 0.6 is 23.2 Å². The number of halogens is 2. The van der Waals surface area contributed by atoms with Crippen LogP contribution < -0.4 is 4.72 Å². The first-order valence-corrected chi connectivity index (χ1v) is 7.49. The first kappa shape index (κ1) is 14.7. The number of hydrogen-bond donors (Lipinski definition) is 1. The van der Waals surface area contributed by atoms with Crippen LogP contribution in [0, 0.1) is 11.3 Å². The second kappa shape index (κ2) is 5.32. The number of aryl methyl sites for hydroxylation is 1. The maximum Gasteiger partial charge on any atom is 0.280 e. The molecular weight excluding hydrogens is 323 g/mol. The smallest absolute Gasteiger partial charge is 0.277 e. The van der Waals surface area contributed by atoms with Crippen LogP contribution in [0.25, 0.3) is 0 Å². The number of nitriles is 1. The van der Waals surface area contributed by atoms with E-state index < -0.39 is 10.0 Å². The fourth-order valence-corrected chi connectivity index (χ4v) is 3.50. The zero-order chi connectivity index (χ0) is 14.9. The number of sulfonamides is 1. The molecule has 1 heterocycles.